The first-order chi connectivity index (χ1) is 15.1. The highest BCUT2D eigenvalue weighted by molar-refractivity contribution is 5.83. The Balaban J connectivity index is 1.63. The van der Waals surface area contributed by atoms with Gasteiger partial charge in [0.25, 0.3) is 0 Å². The topological polar surface area (TPSA) is 106 Å². The predicted octanol–water partition coefficient (Wildman–Crippen LogP) is 3.12. The number of unbranched alkanes of at least 4 members (excludes halogenated alkanes) is 1. The number of ether oxygens (including phenoxy) is 2. The predicted molar refractivity (Wildman–Crippen MR) is 116 cm³/mol. The molecule has 3 amide bonds. The molecule has 0 aromatic heterocycles. The Kier molecular flexibility index (Phi) is 10.4. The van der Waals surface area contributed by atoms with Gasteiger partial charge in [-0.15, -0.1) is 0 Å². The normalized spacial score (nSPS) is 11.1. The summed E-state index contributed by atoms with van der Waals surface area (Å²) in [6.07, 6.45) is 1.14. The molecule has 2 aromatic carbocycles. The summed E-state index contributed by atoms with van der Waals surface area (Å²) in [6.45, 7) is 0.969. The first-order valence-corrected chi connectivity index (χ1v) is 10.2. The minimum Gasteiger partial charge on any atom is -0.467 e. The summed E-state index contributed by atoms with van der Waals surface area (Å²) in [7, 11) is 1.28. The van der Waals surface area contributed by atoms with Gasteiger partial charge in [-0.3, -0.25) is 0 Å². The van der Waals surface area contributed by atoms with Crippen LogP contribution in [-0.2, 0) is 27.4 Å². The number of esters is 1. The first-order valence-electron chi connectivity index (χ1n) is 10.2. The third-order valence-corrected chi connectivity index (χ3v) is 4.49. The molecular formula is C23H29N3O5. The highest BCUT2D eigenvalue weighted by Crippen LogP contribution is 2.04. The molecule has 0 heterocycles. The number of carbonyl (C=O) groups excluding carboxylic acids is 3. The van der Waals surface area contributed by atoms with Gasteiger partial charge in [0.05, 0.1) is 7.11 Å². The molecule has 8 heteroatoms. The van der Waals surface area contributed by atoms with Gasteiger partial charge in [-0.05, 0) is 30.4 Å². The smallest absolute Gasteiger partial charge is 0.407 e. The number of carbonyl (C=O) groups is 3. The summed E-state index contributed by atoms with van der Waals surface area (Å²) in [4.78, 5) is 35.8. The molecule has 3 N–H and O–H groups in total. The number of nitrogens with one attached hydrogen (secondary N) is 3. The Morgan fingerprint density at radius 1 is 0.871 bits per heavy atom. The van der Waals surface area contributed by atoms with Gasteiger partial charge >= 0.3 is 18.1 Å². The zero-order chi connectivity index (χ0) is 22.3. The Hall–Kier alpha value is -3.55. The minimum absolute atomic E-state index is 0.207. The average Bonchev–Trinajstić information content (AvgIpc) is 2.81. The van der Waals surface area contributed by atoms with Gasteiger partial charge in [0, 0.05) is 13.1 Å². The molecule has 0 fully saturated rings. The van der Waals surface area contributed by atoms with Crippen LogP contribution in [0.1, 0.15) is 30.4 Å². The Bertz CT molecular complexity index is 814. The second kappa shape index (κ2) is 13.6. The van der Waals surface area contributed by atoms with Crippen LogP contribution in [0.3, 0.4) is 0 Å². The lowest BCUT2D eigenvalue weighted by molar-refractivity contribution is -0.143. The largest absolute Gasteiger partial charge is 0.467 e. The van der Waals surface area contributed by atoms with E-state index in [4.69, 9.17) is 9.47 Å². The Morgan fingerprint density at radius 2 is 1.52 bits per heavy atom. The number of urea groups is 1. The maximum Gasteiger partial charge on any atom is 0.407 e. The molecule has 8 nitrogen and oxygen atoms in total. The van der Waals surface area contributed by atoms with Gasteiger partial charge in [-0.25, -0.2) is 14.4 Å². The molecule has 2 rings (SSSR count). The number of hydrogen-bond donors (Lipinski definition) is 3. The molecule has 2 aromatic rings. The molecule has 166 valence electrons. The molecule has 0 bridgehead atoms. The number of hydrogen-bond acceptors (Lipinski definition) is 5. The quantitative estimate of drug-likeness (QED) is 0.377. The molecule has 0 saturated heterocycles. The summed E-state index contributed by atoms with van der Waals surface area (Å²) in [5.74, 6) is -0.509. The third-order valence-electron chi connectivity index (χ3n) is 4.49. The van der Waals surface area contributed by atoms with E-state index < -0.39 is 24.1 Å². The molecular weight excluding hydrogens is 398 g/mol. The average molecular weight is 428 g/mol. The minimum atomic E-state index is -0.759. The summed E-state index contributed by atoms with van der Waals surface area (Å²) < 4.78 is 9.91. The molecule has 0 saturated carbocycles. The number of benzene rings is 2. The van der Waals surface area contributed by atoms with E-state index in [1.165, 1.54) is 7.11 Å². The van der Waals surface area contributed by atoms with Crippen molar-refractivity contribution >= 4 is 18.1 Å². The number of alkyl carbamates (subject to hydrolysis) is 1. The molecule has 0 aliphatic carbocycles. The van der Waals surface area contributed by atoms with Crippen molar-refractivity contribution in [1.82, 2.24) is 16.0 Å². The Labute approximate surface area is 182 Å². The van der Waals surface area contributed by atoms with Crippen LogP contribution in [0.5, 0.6) is 0 Å². The summed E-state index contributed by atoms with van der Waals surface area (Å²) in [6, 6.07) is 17.7. The van der Waals surface area contributed by atoms with Crippen molar-refractivity contribution in [1.29, 1.82) is 0 Å². The lowest BCUT2D eigenvalue weighted by Crippen LogP contribution is -2.46. The molecule has 0 aliphatic heterocycles. The van der Waals surface area contributed by atoms with Crippen molar-refractivity contribution in [2.45, 2.75) is 38.5 Å². The van der Waals surface area contributed by atoms with Crippen LogP contribution in [0.25, 0.3) is 0 Å². The van der Waals surface area contributed by atoms with E-state index in [1.54, 1.807) is 0 Å². The lowest BCUT2D eigenvalue weighted by Gasteiger charge is -2.17. The van der Waals surface area contributed by atoms with Crippen LogP contribution in [0.4, 0.5) is 9.59 Å². The fraction of sp³-hybridized carbons (Fsp3) is 0.348. The third kappa shape index (κ3) is 9.66. The van der Waals surface area contributed by atoms with Gasteiger partial charge in [-0.2, -0.15) is 0 Å². The van der Waals surface area contributed by atoms with Crippen LogP contribution < -0.4 is 16.0 Å². The van der Waals surface area contributed by atoms with Crippen molar-refractivity contribution in [2.75, 3.05) is 13.7 Å². The van der Waals surface area contributed by atoms with Gasteiger partial charge in [0.15, 0.2) is 0 Å². The van der Waals surface area contributed by atoms with Gasteiger partial charge < -0.3 is 25.4 Å². The first kappa shape index (κ1) is 23.7. The van der Waals surface area contributed by atoms with Crippen molar-refractivity contribution in [2.24, 2.45) is 0 Å². The summed E-state index contributed by atoms with van der Waals surface area (Å²) in [5.41, 5.74) is 1.87. The monoisotopic (exact) mass is 427 g/mol. The van der Waals surface area contributed by atoms with Crippen LogP contribution in [0, 0.1) is 0 Å². The van der Waals surface area contributed by atoms with E-state index in [0.717, 1.165) is 11.1 Å². The number of amides is 3. The van der Waals surface area contributed by atoms with Gasteiger partial charge in [0.1, 0.15) is 12.6 Å². The van der Waals surface area contributed by atoms with Crippen LogP contribution in [-0.4, -0.2) is 37.8 Å². The maximum absolute atomic E-state index is 12.1. The SMILES string of the molecule is COC(=O)[C@H](CCCCNC(=O)OCc1ccccc1)NC(=O)NCc1ccccc1. The molecule has 31 heavy (non-hydrogen) atoms. The van der Waals surface area contributed by atoms with Crippen molar-refractivity contribution in [3.8, 4) is 0 Å². The van der Waals surface area contributed by atoms with E-state index in [1.807, 2.05) is 60.7 Å². The molecule has 0 unspecified atom stereocenters. The molecule has 0 spiro atoms. The fourth-order valence-corrected chi connectivity index (χ4v) is 2.82. The van der Waals surface area contributed by atoms with E-state index >= 15 is 0 Å². The van der Waals surface area contributed by atoms with Crippen LogP contribution in [0.15, 0.2) is 60.7 Å². The van der Waals surface area contributed by atoms with Crippen molar-refractivity contribution < 1.29 is 23.9 Å². The number of rotatable bonds is 11. The lowest BCUT2D eigenvalue weighted by atomic mass is 10.1. The summed E-state index contributed by atoms with van der Waals surface area (Å²) in [5, 5.41) is 8.03. The standard InChI is InChI=1S/C23H29N3O5/c1-30-21(27)20(26-22(28)25-16-18-10-4-2-5-11-18)14-8-9-15-24-23(29)31-17-19-12-6-3-7-13-19/h2-7,10-13,20H,8-9,14-17H2,1H3,(H,24,29)(H2,25,26,28)/t20-/m0/s1. The highest BCUT2D eigenvalue weighted by atomic mass is 16.5. The van der Waals surface area contributed by atoms with E-state index in [0.29, 0.717) is 32.4 Å². The maximum atomic E-state index is 12.1. The number of methoxy groups -OCH3 is 1. The summed E-state index contributed by atoms with van der Waals surface area (Å²) >= 11 is 0. The fourth-order valence-electron chi connectivity index (χ4n) is 2.82. The van der Waals surface area contributed by atoms with Crippen LogP contribution >= 0.6 is 0 Å². The van der Waals surface area contributed by atoms with E-state index in [9.17, 15) is 14.4 Å². The van der Waals surface area contributed by atoms with E-state index in [-0.39, 0.29) is 6.61 Å². The zero-order valence-corrected chi connectivity index (χ0v) is 17.6. The van der Waals surface area contributed by atoms with Crippen molar-refractivity contribution in [3.05, 3.63) is 71.8 Å². The second-order valence-electron chi connectivity index (χ2n) is 6.87. The van der Waals surface area contributed by atoms with Gasteiger partial charge in [-0.1, -0.05) is 60.7 Å². The Morgan fingerprint density at radius 3 is 2.16 bits per heavy atom. The highest BCUT2D eigenvalue weighted by Gasteiger charge is 2.20. The second-order valence-corrected chi connectivity index (χ2v) is 6.87. The zero-order valence-electron chi connectivity index (χ0n) is 17.6. The molecule has 1 atom stereocenters. The van der Waals surface area contributed by atoms with Crippen molar-refractivity contribution in [3.63, 3.8) is 0 Å². The van der Waals surface area contributed by atoms with Gasteiger partial charge in [0.2, 0.25) is 0 Å². The van der Waals surface area contributed by atoms with E-state index in [2.05, 4.69) is 16.0 Å². The molecule has 0 aliphatic rings. The van der Waals surface area contributed by atoms with Crippen LogP contribution in [0.2, 0.25) is 0 Å². The molecule has 0 radical (unpaired) electrons.